The molecule has 0 fully saturated rings. The Morgan fingerprint density at radius 1 is 1.35 bits per heavy atom. The first-order valence-electron chi connectivity index (χ1n) is 6.03. The van der Waals surface area contributed by atoms with Crippen LogP contribution in [0, 0.1) is 0 Å². The largest absolute Gasteiger partial charge is 0.304 e. The fraction of sp³-hybridized carbons (Fsp3) is 0.462. The molecule has 2 heterocycles. The minimum Gasteiger partial charge on any atom is -0.304 e. The van der Waals surface area contributed by atoms with Crippen molar-refractivity contribution in [1.29, 1.82) is 0 Å². The molecule has 0 aliphatic heterocycles. The summed E-state index contributed by atoms with van der Waals surface area (Å²) in [7, 11) is 0. The molecule has 0 aliphatic carbocycles. The molecule has 0 spiro atoms. The van der Waals surface area contributed by atoms with Crippen molar-refractivity contribution in [2.75, 3.05) is 0 Å². The summed E-state index contributed by atoms with van der Waals surface area (Å²) in [6, 6.07) is 4.77. The van der Waals surface area contributed by atoms with Crippen molar-refractivity contribution >= 4 is 22.7 Å². The van der Waals surface area contributed by atoms with Crippen LogP contribution in [-0.4, -0.2) is 4.98 Å². The highest BCUT2D eigenvalue weighted by Gasteiger charge is 2.10. The van der Waals surface area contributed by atoms with E-state index < -0.39 is 0 Å². The van der Waals surface area contributed by atoms with Gasteiger partial charge in [-0.25, -0.2) is 4.98 Å². The van der Waals surface area contributed by atoms with Gasteiger partial charge in [-0.05, 0) is 24.3 Å². The second-order valence-corrected chi connectivity index (χ2v) is 5.87. The molecule has 17 heavy (non-hydrogen) atoms. The average Bonchev–Trinajstić information content (AvgIpc) is 3.00. The third-order valence-electron chi connectivity index (χ3n) is 2.73. The van der Waals surface area contributed by atoms with Gasteiger partial charge in [0, 0.05) is 22.8 Å². The van der Waals surface area contributed by atoms with Gasteiger partial charge in [-0.2, -0.15) is 0 Å². The lowest BCUT2D eigenvalue weighted by atomic mass is 10.2. The van der Waals surface area contributed by atoms with E-state index in [4.69, 9.17) is 0 Å². The van der Waals surface area contributed by atoms with Crippen LogP contribution in [0.3, 0.4) is 0 Å². The van der Waals surface area contributed by atoms with Crippen molar-refractivity contribution in [3.63, 3.8) is 0 Å². The smallest absolute Gasteiger partial charge is 0.0926 e. The van der Waals surface area contributed by atoms with Crippen LogP contribution >= 0.6 is 22.7 Å². The van der Waals surface area contributed by atoms with E-state index >= 15 is 0 Å². The summed E-state index contributed by atoms with van der Waals surface area (Å²) in [5, 5.41) is 9.10. The van der Waals surface area contributed by atoms with Crippen LogP contribution in [0.4, 0.5) is 0 Å². The second-order valence-electron chi connectivity index (χ2n) is 3.94. The number of aromatic nitrogens is 1. The van der Waals surface area contributed by atoms with Gasteiger partial charge < -0.3 is 5.32 Å². The lowest BCUT2D eigenvalue weighted by molar-refractivity contribution is 0.522. The third kappa shape index (κ3) is 3.37. The third-order valence-corrected chi connectivity index (χ3v) is 4.75. The number of nitrogens with zero attached hydrogens (tertiary/aromatic N) is 1. The fourth-order valence-electron chi connectivity index (χ4n) is 1.76. The SMILES string of the molecule is CCc1nc(CNC(CC)c2cccs2)cs1. The molecule has 0 saturated heterocycles. The van der Waals surface area contributed by atoms with Gasteiger partial charge in [0.25, 0.3) is 0 Å². The van der Waals surface area contributed by atoms with E-state index in [1.807, 2.05) is 11.3 Å². The van der Waals surface area contributed by atoms with Crippen LogP contribution in [0.25, 0.3) is 0 Å². The Bertz CT molecular complexity index is 434. The zero-order valence-corrected chi connectivity index (χ0v) is 11.9. The van der Waals surface area contributed by atoms with Gasteiger partial charge in [0.05, 0.1) is 10.7 Å². The number of aryl methyl sites for hydroxylation is 1. The predicted octanol–water partition coefficient (Wildman–Crippen LogP) is 4.01. The maximum absolute atomic E-state index is 4.58. The van der Waals surface area contributed by atoms with Crippen molar-refractivity contribution in [3.05, 3.63) is 38.5 Å². The standard InChI is InChI=1S/C13H18N2S2/c1-3-11(12-6-5-7-16-12)14-8-10-9-17-13(4-2)15-10/h5-7,9,11,14H,3-4,8H2,1-2H3. The number of hydrogen-bond acceptors (Lipinski definition) is 4. The summed E-state index contributed by atoms with van der Waals surface area (Å²) in [5.41, 5.74) is 1.17. The molecule has 1 N–H and O–H groups in total. The molecule has 1 unspecified atom stereocenters. The van der Waals surface area contributed by atoms with Crippen molar-refractivity contribution in [1.82, 2.24) is 10.3 Å². The molecule has 2 aromatic heterocycles. The highest BCUT2D eigenvalue weighted by Crippen LogP contribution is 2.22. The van der Waals surface area contributed by atoms with E-state index in [0.717, 1.165) is 19.4 Å². The molecule has 0 bridgehead atoms. The molecule has 0 amide bonds. The molecule has 0 radical (unpaired) electrons. The van der Waals surface area contributed by atoms with E-state index in [0.29, 0.717) is 6.04 Å². The van der Waals surface area contributed by atoms with Gasteiger partial charge in [0.1, 0.15) is 0 Å². The summed E-state index contributed by atoms with van der Waals surface area (Å²) >= 11 is 3.58. The topological polar surface area (TPSA) is 24.9 Å². The molecule has 0 saturated carbocycles. The van der Waals surface area contributed by atoms with Crippen molar-refractivity contribution < 1.29 is 0 Å². The highest BCUT2D eigenvalue weighted by molar-refractivity contribution is 7.10. The lowest BCUT2D eigenvalue weighted by Crippen LogP contribution is -2.19. The average molecular weight is 266 g/mol. The van der Waals surface area contributed by atoms with E-state index in [-0.39, 0.29) is 0 Å². The molecule has 0 aliphatic rings. The maximum atomic E-state index is 4.58. The summed E-state index contributed by atoms with van der Waals surface area (Å²) in [6.07, 6.45) is 2.15. The Labute approximate surface area is 111 Å². The monoisotopic (exact) mass is 266 g/mol. The highest BCUT2D eigenvalue weighted by atomic mass is 32.1. The Kier molecular flexibility index (Phi) is 4.71. The van der Waals surface area contributed by atoms with Crippen LogP contribution in [0.15, 0.2) is 22.9 Å². The van der Waals surface area contributed by atoms with Crippen LogP contribution in [0.2, 0.25) is 0 Å². The number of nitrogens with one attached hydrogen (secondary N) is 1. The Morgan fingerprint density at radius 3 is 2.82 bits per heavy atom. The van der Waals surface area contributed by atoms with Gasteiger partial charge in [-0.1, -0.05) is 19.9 Å². The summed E-state index contributed by atoms with van der Waals surface area (Å²) in [4.78, 5) is 5.99. The van der Waals surface area contributed by atoms with E-state index in [1.165, 1.54) is 15.6 Å². The van der Waals surface area contributed by atoms with E-state index in [9.17, 15) is 0 Å². The normalized spacial score (nSPS) is 12.8. The Morgan fingerprint density at radius 2 is 2.24 bits per heavy atom. The number of rotatable bonds is 6. The van der Waals surface area contributed by atoms with Gasteiger partial charge in [0.15, 0.2) is 0 Å². The molecule has 2 nitrogen and oxygen atoms in total. The Hall–Kier alpha value is -0.710. The van der Waals surface area contributed by atoms with Crippen LogP contribution in [-0.2, 0) is 13.0 Å². The Balaban J connectivity index is 1.92. The number of thiophene rings is 1. The first-order chi connectivity index (χ1) is 8.33. The summed E-state index contributed by atoms with van der Waals surface area (Å²) in [6.45, 7) is 5.24. The molecular weight excluding hydrogens is 248 g/mol. The van der Waals surface area contributed by atoms with E-state index in [1.54, 1.807) is 11.3 Å². The van der Waals surface area contributed by atoms with Crippen molar-refractivity contribution in [3.8, 4) is 0 Å². The quantitative estimate of drug-likeness (QED) is 0.854. The maximum Gasteiger partial charge on any atom is 0.0926 e. The van der Waals surface area contributed by atoms with E-state index in [2.05, 4.69) is 47.0 Å². The minimum absolute atomic E-state index is 0.460. The van der Waals surface area contributed by atoms with Gasteiger partial charge in [-0.3, -0.25) is 0 Å². The molecule has 2 aromatic rings. The predicted molar refractivity (Wildman–Crippen MR) is 75.7 cm³/mol. The molecule has 0 aromatic carbocycles. The van der Waals surface area contributed by atoms with Gasteiger partial charge in [0.2, 0.25) is 0 Å². The summed E-state index contributed by atoms with van der Waals surface area (Å²) < 4.78 is 0. The second kappa shape index (κ2) is 6.28. The molecule has 4 heteroatoms. The minimum atomic E-state index is 0.460. The number of thiazole rings is 1. The molecule has 2 rings (SSSR count). The van der Waals surface area contributed by atoms with Crippen LogP contribution < -0.4 is 5.32 Å². The van der Waals surface area contributed by atoms with Crippen LogP contribution in [0.1, 0.15) is 41.9 Å². The molecule has 92 valence electrons. The molecular formula is C13H18N2S2. The van der Waals surface area contributed by atoms with Crippen LogP contribution in [0.5, 0.6) is 0 Å². The van der Waals surface area contributed by atoms with Crippen molar-refractivity contribution in [2.24, 2.45) is 0 Å². The van der Waals surface area contributed by atoms with Crippen molar-refractivity contribution in [2.45, 2.75) is 39.3 Å². The summed E-state index contributed by atoms with van der Waals surface area (Å²) in [5.74, 6) is 0. The zero-order valence-electron chi connectivity index (χ0n) is 10.3. The number of hydrogen-bond donors (Lipinski definition) is 1. The lowest BCUT2D eigenvalue weighted by Gasteiger charge is -2.14. The first-order valence-corrected chi connectivity index (χ1v) is 7.79. The van der Waals surface area contributed by atoms with Gasteiger partial charge >= 0.3 is 0 Å². The zero-order chi connectivity index (χ0) is 12.1. The first kappa shape index (κ1) is 12.7. The van der Waals surface area contributed by atoms with Gasteiger partial charge in [-0.15, -0.1) is 22.7 Å². The molecule has 1 atom stereocenters. The fourth-order valence-corrected chi connectivity index (χ4v) is 3.39.